The van der Waals surface area contributed by atoms with Crippen molar-refractivity contribution in [3.05, 3.63) is 64.2 Å². The zero-order valence-electron chi connectivity index (χ0n) is 21.5. The van der Waals surface area contributed by atoms with Gasteiger partial charge >= 0.3 is 6.18 Å². The Morgan fingerprint density at radius 1 is 1.08 bits per heavy atom. The monoisotopic (exact) mass is 561 g/mol. The second kappa shape index (κ2) is 11.3. The third-order valence-electron chi connectivity index (χ3n) is 5.32. The van der Waals surface area contributed by atoms with E-state index in [0.29, 0.717) is 15.9 Å². The van der Waals surface area contributed by atoms with Crippen LogP contribution < -0.4 is 9.62 Å². The Bertz CT molecular complexity index is 1260. The predicted octanol–water partition coefficient (Wildman–Crippen LogP) is 4.77. The third kappa shape index (κ3) is 8.63. The molecule has 0 fully saturated rings. The molecule has 204 valence electrons. The van der Waals surface area contributed by atoms with Crippen molar-refractivity contribution in [3.8, 4) is 0 Å². The first kappa shape index (κ1) is 30.4. The first-order valence-electron chi connectivity index (χ1n) is 11.3. The van der Waals surface area contributed by atoms with Crippen LogP contribution in [-0.4, -0.2) is 49.5 Å². The molecule has 0 bridgehead atoms. The molecule has 1 atom stereocenters. The highest BCUT2D eigenvalue weighted by molar-refractivity contribution is 7.92. The number of hydrogen-bond donors (Lipinski definition) is 1. The molecule has 2 rings (SSSR count). The van der Waals surface area contributed by atoms with Gasteiger partial charge in [-0.25, -0.2) is 8.42 Å². The second-order valence-corrected chi connectivity index (χ2v) is 12.2. The highest BCUT2D eigenvalue weighted by Crippen LogP contribution is 2.36. The van der Waals surface area contributed by atoms with Gasteiger partial charge in [-0.3, -0.25) is 13.9 Å². The number of carbonyl (C=O) groups excluding carboxylic acids is 2. The molecule has 0 aliphatic carbocycles. The van der Waals surface area contributed by atoms with E-state index in [1.54, 1.807) is 32.9 Å². The smallest absolute Gasteiger partial charge is 0.350 e. The summed E-state index contributed by atoms with van der Waals surface area (Å²) in [6.07, 6.45) is -4.00. The Morgan fingerprint density at radius 2 is 1.70 bits per heavy atom. The largest absolute Gasteiger partial charge is 0.416 e. The number of hydrogen-bond acceptors (Lipinski definition) is 4. The highest BCUT2D eigenvalue weighted by atomic mass is 35.5. The molecule has 0 heterocycles. The lowest BCUT2D eigenvalue weighted by Crippen LogP contribution is -2.54. The summed E-state index contributed by atoms with van der Waals surface area (Å²) in [4.78, 5) is 27.7. The summed E-state index contributed by atoms with van der Waals surface area (Å²) >= 11 is 6.08. The molecule has 0 radical (unpaired) electrons. The molecule has 2 aromatic rings. The molecular weight excluding hydrogens is 531 g/mol. The van der Waals surface area contributed by atoms with Gasteiger partial charge in [0, 0.05) is 12.1 Å². The fourth-order valence-electron chi connectivity index (χ4n) is 3.54. The lowest BCUT2D eigenvalue weighted by molar-refractivity contribution is -0.140. The molecule has 1 unspecified atom stereocenters. The molecule has 0 aromatic heterocycles. The van der Waals surface area contributed by atoms with E-state index in [1.165, 1.54) is 11.8 Å². The number of sulfonamides is 1. The molecule has 0 aliphatic rings. The lowest BCUT2D eigenvalue weighted by atomic mass is 10.1. The summed E-state index contributed by atoms with van der Waals surface area (Å²) in [5.41, 5.74) is -0.623. The Hall–Kier alpha value is -2.79. The van der Waals surface area contributed by atoms with Gasteiger partial charge in [-0.05, 0) is 58.4 Å². The molecule has 37 heavy (non-hydrogen) atoms. The zero-order chi connectivity index (χ0) is 28.3. The number of halogens is 4. The van der Waals surface area contributed by atoms with Crippen molar-refractivity contribution in [2.24, 2.45) is 0 Å². The first-order valence-corrected chi connectivity index (χ1v) is 13.5. The van der Waals surface area contributed by atoms with Crippen LogP contribution in [0.2, 0.25) is 5.02 Å². The van der Waals surface area contributed by atoms with Gasteiger partial charge in [0.15, 0.2) is 0 Å². The van der Waals surface area contributed by atoms with Gasteiger partial charge in [0.25, 0.3) is 0 Å². The maximum atomic E-state index is 13.5. The first-order chi connectivity index (χ1) is 16.8. The van der Waals surface area contributed by atoms with Gasteiger partial charge in [-0.2, -0.15) is 13.2 Å². The van der Waals surface area contributed by atoms with Crippen LogP contribution in [0.1, 0.15) is 44.4 Å². The minimum absolute atomic E-state index is 0.0346. The maximum Gasteiger partial charge on any atom is 0.416 e. The Balaban J connectivity index is 2.52. The average molecular weight is 562 g/mol. The van der Waals surface area contributed by atoms with Crippen molar-refractivity contribution in [2.75, 3.05) is 17.1 Å². The van der Waals surface area contributed by atoms with Crippen molar-refractivity contribution in [1.82, 2.24) is 10.2 Å². The van der Waals surface area contributed by atoms with Crippen molar-refractivity contribution >= 4 is 39.1 Å². The predicted molar refractivity (Wildman–Crippen MR) is 138 cm³/mol. The molecule has 7 nitrogen and oxygen atoms in total. The lowest BCUT2D eigenvalue weighted by Gasteiger charge is -2.33. The quantitative estimate of drug-likeness (QED) is 0.503. The topological polar surface area (TPSA) is 86.8 Å². The zero-order valence-corrected chi connectivity index (χ0v) is 23.1. The minimum atomic E-state index is -4.76. The van der Waals surface area contributed by atoms with Gasteiger partial charge in [-0.1, -0.05) is 41.4 Å². The van der Waals surface area contributed by atoms with E-state index >= 15 is 0 Å². The van der Waals surface area contributed by atoms with Gasteiger partial charge < -0.3 is 10.2 Å². The van der Waals surface area contributed by atoms with Gasteiger partial charge in [-0.15, -0.1) is 0 Å². The van der Waals surface area contributed by atoms with Crippen LogP contribution in [0.15, 0.2) is 42.5 Å². The van der Waals surface area contributed by atoms with E-state index in [9.17, 15) is 31.2 Å². The molecule has 0 aliphatic heterocycles. The van der Waals surface area contributed by atoms with Gasteiger partial charge in [0.2, 0.25) is 21.8 Å². The number of alkyl halides is 3. The van der Waals surface area contributed by atoms with Crippen molar-refractivity contribution in [2.45, 2.75) is 58.9 Å². The molecular formula is C25H31ClF3N3O4S. The number of amides is 2. The van der Waals surface area contributed by atoms with E-state index in [4.69, 9.17) is 11.6 Å². The van der Waals surface area contributed by atoms with E-state index in [2.05, 4.69) is 5.32 Å². The van der Waals surface area contributed by atoms with Crippen molar-refractivity contribution < 1.29 is 31.2 Å². The van der Waals surface area contributed by atoms with Crippen molar-refractivity contribution in [1.29, 1.82) is 0 Å². The third-order valence-corrected chi connectivity index (χ3v) is 6.77. The molecule has 12 heteroatoms. The highest BCUT2D eigenvalue weighted by Gasteiger charge is 2.35. The van der Waals surface area contributed by atoms with Crippen molar-refractivity contribution in [3.63, 3.8) is 0 Å². The normalized spacial score (nSPS) is 13.1. The molecule has 2 aromatic carbocycles. The Kier molecular flexibility index (Phi) is 9.30. The number of benzene rings is 2. The van der Waals surface area contributed by atoms with Crippen LogP contribution in [0.25, 0.3) is 0 Å². The van der Waals surface area contributed by atoms with Gasteiger partial charge in [0.05, 0.1) is 22.5 Å². The summed E-state index contributed by atoms with van der Waals surface area (Å²) in [5.74, 6) is -1.27. The summed E-state index contributed by atoms with van der Waals surface area (Å²) in [6.45, 7) is 7.76. The maximum absolute atomic E-state index is 13.5. The average Bonchev–Trinajstić information content (AvgIpc) is 2.73. The second-order valence-electron chi connectivity index (χ2n) is 9.86. The summed E-state index contributed by atoms with van der Waals surface area (Å²) < 4.78 is 65.8. The van der Waals surface area contributed by atoms with Gasteiger partial charge in [0.1, 0.15) is 12.6 Å². The SMILES string of the molecule is Cc1cccc(CN(C(=O)CN(c2cc(C(F)(F)F)ccc2Cl)S(C)(=O)=O)C(C)C(=O)NC(C)(C)C)c1. The van der Waals surface area contributed by atoms with E-state index in [-0.39, 0.29) is 11.6 Å². The van der Waals surface area contributed by atoms with Crippen LogP contribution in [0.4, 0.5) is 18.9 Å². The van der Waals surface area contributed by atoms with Crippen LogP contribution >= 0.6 is 11.6 Å². The number of nitrogens with one attached hydrogen (secondary N) is 1. The molecule has 2 amide bonds. The number of aryl methyl sites for hydroxylation is 1. The molecule has 0 saturated carbocycles. The molecule has 0 saturated heterocycles. The van der Waals surface area contributed by atoms with Crippen LogP contribution in [0.5, 0.6) is 0 Å². The standard InChI is InChI=1S/C25H31ClF3N3O4S/c1-16-8-7-9-18(12-16)14-31(17(2)23(34)30-24(3,4)5)22(33)15-32(37(6,35)36)21-13-19(25(27,28)29)10-11-20(21)26/h7-13,17H,14-15H2,1-6H3,(H,30,34). The van der Waals surface area contributed by atoms with Crippen LogP contribution in [0, 0.1) is 6.92 Å². The summed E-state index contributed by atoms with van der Waals surface area (Å²) in [5, 5.41) is 2.51. The Labute approximate surface area is 220 Å². The fourth-order valence-corrected chi connectivity index (χ4v) is 4.66. The summed E-state index contributed by atoms with van der Waals surface area (Å²) in [7, 11) is -4.25. The summed E-state index contributed by atoms with van der Waals surface area (Å²) in [6, 6.07) is 8.39. The van der Waals surface area contributed by atoms with E-state index in [1.807, 2.05) is 19.1 Å². The Morgan fingerprint density at radius 3 is 2.22 bits per heavy atom. The van der Waals surface area contributed by atoms with E-state index < -0.39 is 57.4 Å². The van der Waals surface area contributed by atoms with Crippen LogP contribution in [-0.2, 0) is 32.3 Å². The van der Waals surface area contributed by atoms with Crippen LogP contribution in [0.3, 0.4) is 0 Å². The number of rotatable bonds is 8. The number of carbonyl (C=O) groups is 2. The minimum Gasteiger partial charge on any atom is -0.350 e. The number of anilines is 1. The molecule has 1 N–H and O–H groups in total. The van der Waals surface area contributed by atoms with E-state index in [0.717, 1.165) is 24.0 Å². The fraction of sp³-hybridized carbons (Fsp3) is 0.440. The molecule has 0 spiro atoms. The number of nitrogens with zero attached hydrogens (tertiary/aromatic N) is 2.